The molecule has 1 aliphatic heterocycles. The van der Waals surface area contributed by atoms with E-state index in [4.69, 9.17) is 4.42 Å². The van der Waals surface area contributed by atoms with Crippen molar-refractivity contribution in [1.82, 2.24) is 15.1 Å². The zero-order valence-corrected chi connectivity index (χ0v) is 15.3. The molecule has 0 radical (unpaired) electrons. The summed E-state index contributed by atoms with van der Waals surface area (Å²) in [4.78, 5) is 22.0. The summed E-state index contributed by atoms with van der Waals surface area (Å²) >= 11 is 0. The van der Waals surface area contributed by atoms with E-state index in [0.29, 0.717) is 41.1 Å². The van der Waals surface area contributed by atoms with Crippen LogP contribution in [0.2, 0.25) is 0 Å². The van der Waals surface area contributed by atoms with Gasteiger partial charge in [0.1, 0.15) is 11.6 Å². The van der Waals surface area contributed by atoms with Crippen LogP contribution in [-0.2, 0) is 11.0 Å². The number of amides is 1. The molecule has 4 aromatic rings. The number of benzene rings is 2. The maximum Gasteiger partial charge on any atom is 0.471 e. The molecule has 152 valence electrons. The van der Waals surface area contributed by atoms with Gasteiger partial charge in [-0.15, -0.1) is 0 Å². The Morgan fingerprint density at radius 3 is 2.50 bits per heavy atom. The second kappa shape index (κ2) is 6.68. The number of hydrogen-bond donors (Lipinski definition) is 0. The van der Waals surface area contributed by atoms with Crippen LogP contribution in [0.15, 0.2) is 57.5 Å². The van der Waals surface area contributed by atoms with Gasteiger partial charge in [-0.05, 0) is 42.8 Å². The highest BCUT2D eigenvalue weighted by Gasteiger charge is 2.39. The maximum atomic E-state index is 12.7. The molecule has 0 bridgehead atoms. The average Bonchev–Trinajstić information content (AvgIpc) is 3.45. The van der Waals surface area contributed by atoms with Crippen molar-refractivity contribution in [2.24, 2.45) is 0 Å². The van der Waals surface area contributed by atoms with Gasteiger partial charge in [0, 0.05) is 17.7 Å². The van der Waals surface area contributed by atoms with Gasteiger partial charge in [-0.1, -0.05) is 17.3 Å². The van der Waals surface area contributed by atoms with E-state index in [1.54, 1.807) is 17.0 Å². The minimum absolute atomic E-state index is 0.0890. The van der Waals surface area contributed by atoms with Crippen molar-refractivity contribution in [3.8, 4) is 11.4 Å². The lowest BCUT2D eigenvalue weighted by Crippen LogP contribution is -2.27. The summed E-state index contributed by atoms with van der Waals surface area (Å²) < 4.78 is 48.1. The SMILES string of the molecule is O=C1CC[C@@H](c2nc3ccccc3o2)N1c1ccc(-c2noc(C(F)(F)F)n2)cc1. The third kappa shape index (κ3) is 3.10. The maximum absolute atomic E-state index is 12.7. The van der Waals surface area contributed by atoms with Crippen LogP contribution in [0.5, 0.6) is 0 Å². The lowest BCUT2D eigenvalue weighted by molar-refractivity contribution is -0.159. The van der Waals surface area contributed by atoms with E-state index in [2.05, 4.69) is 19.6 Å². The van der Waals surface area contributed by atoms with Crippen molar-refractivity contribution < 1.29 is 26.9 Å². The Morgan fingerprint density at radius 2 is 1.80 bits per heavy atom. The fourth-order valence-electron chi connectivity index (χ4n) is 3.50. The molecule has 7 nitrogen and oxygen atoms in total. The van der Waals surface area contributed by atoms with Crippen LogP contribution in [-0.4, -0.2) is 21.0 Å². The fraction of sp³-hybridized carbons (Fsp3) is 0.200. The highest BCUT2D eigenvalue weighted by Crippen LogP contribution is 2.38. The number of para-hydroxylation sites is 2. The number of oxazole rings is 1. The molecule has 1 fully saturated rings. The molecule has 0 saturated carbocycles. The van der Waals surface area contributed by atoms with E-state index in [1.807, 2.05) is 24.3 Å². The van der Waals surface area contributed by atoms with Gasteiger partial charge in [0.2, 0.25) is 17.6 Å². The van der Waals surface area contributed by atoms with Crippen molar-refractivity contribution in [3.05, 3.63) is 60.3 Å². The molecule has 0 aliphatic carbocycles. The minimum atomic E-state index is -4.71. The lowest BCUT2D eigenvalue weighted by Gasteiger charge is -2.22. The first kappa shape index (κ1) is 18.3. The first-order valence-electron chi connectivity index (χ1n) is 9.09. The van der Waals surface area contributed by atoms with Gasteiger partial charge < -0.3 is 13.8 Å². The predicted octanol–water partition coefficient (Wildman–Crippen LogP) is 4.76. The number of halogens is 3. The standard InChI is InChI=1S/C20H13F3N4O3/c21-20(22,23)19-25-17(26-30-19)11-5-7-12(8-6-11)27-14(9-10-16(27)28)18-24-13-3-1-2-4-15(13)29-18/h1-8,14H,9-10H2/t14-/m0/s1. The van der Waals surface area contributed by atoms with E-state index in [0.717, 1.165) is 0 Å². The zero-order chi connectivity index (χ0) is 20.9. The minimum Gasteiger partial charge on any atom is -0.438 e. The monoisotopic (exact) mass is 414 g/mol. The Kier molecular flexibility index (Phi) is 4.09. The second-order valence-electron chi connectivity index (χ2n) is 6.81. The molecule has 1 amide bonds. The third-order valence-corrected chi connectivity index (χ3v) is 4.88. The number of aromatic nitrogens is 3. The Balaban J connectivity index is 1.45. The predicted molar refractivity (Wildman–Crippen MR) is 98.2 cm³/mol. The van der Waals surface area contributed by atoms with Crippen molar-refractivity contribution in [1.29, 1.82) is 0 Å². The molecule has 2 aromatic carbocycles. The smallest absolute Gasteiger partial charge is 0.438 e. The molecule has 30 heavy (non-hydrogen) atoms. The van der Waals surface area contributed by atoms with Crippen LogP contribution in [0.25, 0.3) is 22.5 Å². The van der Waals surface area contributed by atoms with Gasteiger partial charge in [-0.3, -0.25) is 4.79 Å². The van der Waals surface area contributed by atoms with Gasteiger partial charge in [-0.25, -0.2) is 4.98 Å². The molecule has 5 rings (SSSR count). The number of carbonyl (C=O) groups excluding carboxylic acids is 1. The Hall–Kier alpha value is -3.69. The zero-order valence-electron chi connectivity index (χ0n) is 15.3. The van der Waals surface area contributed by atoms with Gasteiger partial charge in [-0.2, -0.15) is 18.2 Å². The molecule has 10 heteroatoms. The average molecular weight is 414 g/mol. The first-order valence-corrected chi connectivity index (χ1v) is 9.09. The van der Waals surface area contributed by atoms with E-state index in [1.165, 1.54) is 12.1 Å². The number of alkyl halides is 3. The third-order valence-electron chi connectivity index (χ3n) is 4.88. The Morgan fingerprint density at radius 1 is 1.03 bits per heavy atom. The summed E-state index contributed by atoms with van der Waals surface area (Å²) in [5.41, 5.74) is 2.26. The molecular formula is C20H13F3N4O3. The van der Waals surface area contributed by atoms with E-state index < -0.39 is 12.1 Å². The fourth-order valence-corrected chi connectivity index (χ4v) is 3.50. The van der Waals surface area contributed by atoms with Crippen LogP contribution >= 0.6 is 0 Å². The second-order valence-corrected chi connectivity index (χ2v) is 6.81. The van der Waals surface area contributed by atoms with E-state index >= 15 is 0 Å². The summed E-state index contributed by atoms with van der Waals surface area (Å²) in [5.74, 6) is -1.24. The molecule has 3 heterocycles. The van der Waals surface area contributed by atoms with Gasteiger partial charge in [0.05, 0.1) is 0 Å². The molecule has 0 unspecified atom stereocenters. The Labute approximate surface area is 167 Å². The molecule has 1 aliphatic rings. The van der Waals surface area contributed by atoms with E-state index in [9.17, 15) is 18.0 Å². The molecule has 0 N–H and O–H groups in total. The summed E-state index contributed by atoms with van der Waals surface area (Å²) in [7, 11) is 0. The van der Waals surface area contributed by atoms with Crippen LogP contribution in [0.1, 0.15) is 30.7 Å². The summed E-state index contributed by atoms with van der Waals surface area (Å²) in [6.07, 6.45) is -3.82. The number of rotatable bonds is 3. The summed E-state index contributed by atoms with van der Waals surface area (Å²) in [5, 5.41) is 3.37. The van der Waals surface area contributed by atoms with Crippen LogP contribution in [0.3, 0.4) is 0 Å². The van der Waals surface area contributed by atoms with Crippen molar-refractivity contribution in [2.75, 3.05) is 4.90 Å². The van der Waals surface area contributed by atoms with Crippen molar-refractivity contribution >= 4 is 22.7 Å². The summed E-state index contributed by atoms with van der Waals surface area (Å²) in [6.45, 7) is 0. The topological polar surface area (TPSA) is 85.3 Å². The number of carbonyl (C=O) groups is 1. The lowest BCUT2D eigenvalue weighted by atomic mass is 10.1. The quantitative estimate of drug-likeness (QED) is 0.480. The number of anilines is 1. The van der Waals surface area contributed by atoms with Crippen LogP contribution < -0.4 is 4.90 Å². The van der Waals surface area contributed by atoms with Gasteiger partial charge in [0.15, 0.2) is 5.58 Å². The molecule has 2 aromatic heterocycles. The van der Waals surface area contributed by atoms with Crippen molar-refractivity contribution in [2.45, 2.75) is 25.1 Å². The highest BCUT2D eigenvalue weighted by molar-refractivity contribution is 5.96. The van der Waals surface area contributed by atoms with E-state index in [-0.39, 0.29) is 17.8 Å². The summed E-state index contributed by atoms with van der Waals surface area (Å²) in [6, 6.07) is 13.3. The molecular weight excluding hydrogens is 401 g/mol. The van der Waals surface area contributed by atoms with Gasteiger partial charge in [0.25, 0.3) is 0 Å². The van der Waals surface area contributed by atoms with Gasteiger partial charge >= 0.3 is 12.1 Å². The van der Waals surface area contributed by atoms with Crippen LogP contribution in [0, 0.1) is 0 Å². The Bertz CT molecular complexity index is 1200. The molecule has 0 spiro atoms. The normalized spacial score (nSPS) is 17.2. The highest BCUT2D eigenvalue weighted by atomic mass is 19.4. The van der Waals surface area contributed by atoms with Crippen LogP contribution in [0.4, 0.5) is 18.9 Å². The number of fused-ring (bicyclic) bond motifs is 1. The van der Waals surface area contributed by atoms with Crippen molar-refractivity contribution in [3.63, 3.8) is 0 Å². The molecule has 1 atom stereocenters. The largest absolute Gasteiger partial charge is 0.471 e. The molecule has 1 saturated heterocycles. The number of hydrogen-bond acceptors (Lipinski definition) is 6. The first-order chi connectivity index (χ1) is 14.4. The number of nitrogens with zero attached hydrogens (tertiary/aromatic N) is 4.